The Morgan fingerprint density at radius 3 is 1.81 bits per heavy atom. The van der Waals surface area contributed by atoms with Crippen molar-refractivity contribution in [2.24, 2.45) is 28.1 Å². The van der Waals surface area contributed by atoms with Crippen LogP contribution in [0.15, 0.2) is 0 Å². The van der Waals surface area contributed by atoms with E-state index in [4.69, 9.17) is 9.47 Å². The molecular formula is C26H33F9O8. The van der Waals surface area contributed by atoms with Crippen LogP contribution in [0.4, 0.5) is 39.5 Å². The van der Waals surface area contributed by atoms with Gasteiger partial charge in [-0.1, -0.05) is 13.8 Å². The van der Waals surface area contributed by atoms with Gasteiger partial charge in [0.05, 0.1) is 10.8 Å². The van der Waals surface area contributed by atoms with E-state index in [2.05, 4.69) is 9.47 Å². The monoisotopic (exact) mass is 644 g/mol. The Morgan fingerprint density at radius 2 is 1.37 bits per heavy atom. The van der Waals surface area contributed by atoms with Crippen molar-refractivity contribution in [3.8, 4) is 0 Å². The Bertz CT molecular complexity index is 1070. The number of halogens is 9. The van der Waals surface area contributed by atoms with Gasteiger partial charge in [0.2, 0.25) is 0 Å². The normalized spacial score (nSPS) is 26.9. The maximum absolute atomic E-state index is 12.8. The summed E-state index contributed by atoms with van der Waals surface area (Å²) in [5.74, 6) is -6.19. The van der Waals surface area contributed by atoms with Gasteiger partial charge in [-0.2, -0.15) is 39.5 Å². The lowest BCUT2D eigenvalue weighted by Crippen LogP contribution is -2.51. The summed E-state index contributed by atoms with van der Waals surface area (Å²) in [4.78, 5) is 48.2. The topological polar surface area (TPSA) is 105 Å². The van der Waals surface area contributed by atoms with Gasteiger partial charge in [0.25, 0.3) is 6.10 Å². The molecule has 8 nitrogen and oxygen atoms in total. The molecule has 248 valence electrons. The number of fused-ring (bicyclic) bond motifs is 1. The third-order valence-electron chi connectivity index (χ3n) is 8.23. The third-order valence-corrected chi connectivity index (χ3v) is 8.23. The number of rotatable bonds is 8. The van der Waals surface area contributed by atoms with E-state index < -0.39 is 102 Å². The summed E-state index contributed by atoms with van der Waals surface area (Å²) in [6.07, 6.45) is -22.0. The highest BCUT2D eigenvalue weighted by Crippen LogP contribution is 2.63. The van der Waals surface area contributed by atoms with Crippen molar-refractivity contribution >= 4 is 23.9 Å². The van der Waals surface area contributed by atoms with Crippen molar-refractivity contribution in [2.45, 2.75) is 104 Å². The molecule has 1 saturated heterocycles. The highest BCUT2D eigenvalue weighted by molar-refractivity contribution is 6.03. The van der Waals surface area contributed by atoms with Crippen LogP contribution in [-0.2, 0) is 38.1 Å². The molecule has 0 radical (unpaired) electrons. The molecule has 0 aromatic rings. The molecular weight excluding hydrogens is 611 g/mol. The molecule has 3 aliphatic rings. The van der Waals surface area contributed by atoms with Gasteiger partial charge >= 0.3 is 42.4 Å². The van der Waals surface area contributed by atoms with Gasteiger partial charge in [0.15, 0.2) is 12.0 Å². The summed E-state index contributed by atoms with van der Waals surface area (Å²) < 4.78 is 130. The maximum Gasteiger partial charge on any atom is 0.434 e. The quantitative estimate of drug-likeness (QED) is 0.140. The summed E-state index contributed by atoms with van der Waals surface area (Å²) >= 11 is 0. The number of esters is 4. The van der Waals surface area contributed by atoms with Crippen LogP contribution in [0, 0.1) is 28.1 Å². The Morgan fingerprint density at radius 1 is 0.884 bits per heavy atom. The number of hydrogen-bond acceptors (Lipinski definition) is 8. The molecule has 2 aliphatic carbocycles. The van der Waals surface area contributed by atoms with E-state index in [0.29, 0.717) is 12.8 Å². The minimum Gasteiger partial charge on any atom is -0.458 e. The SMILES string of the molecule is CCC(C)(C)C(=O)OC1C2CC3C1OC(=O)C3(C(=O)OC(C(F)(F)F)C(F)(F)F)C2.CCC(C)(C)C(=O)OCC(F)(F)F. The Kier molecular flexibility index (Phi) is 10.1. The van der Waals surface area contributed by atoms with E-state index in [1.807, 2.05) is 0 Å². The van der Waals surface area contributed by atoms with Gasteiger partial charge in [-0.25, -0.2) is 0 Å². The molecule has 1 heterocycles. The molecule has 5 unspecified atom stereocenters. The van der Waals surface area contributed by atoms with Crippen LogP contribution in [-0.4, -0.2) is 67.3 Å². The summed E-state index contributed by atoms with van der Waals surface area (Å²) in [6.45, 7) is 8.34. The molecule has 2 bridgehead atoms. The molecule has 0 aromatic heterocycles. The Hall–Kier alpha value is -2.75. The number of carbonyl (C=O) groups is 4. The summed E-state index contributed by atoms with van der Waals surface area (Å²) in [6, 6.07) is 0. The average molecular weight is 645 g/mol. The zero-order valence-electron chi connectivity index (χ0n) is 24.1. The fourth-order valence-corrected chi connectivity index (χ4v) is 4.88. The van der Waals surface area contributed by atoms with Crippen molar-refractivity contribution in [2.75, 3.05) is 6.61 Å². The number of carbonyl (C=O) groups excluding carboxylic acids is 4. The summed E-state index contributed by atoms with van der Waals surface area (Å²) in [7, 11) is 0. The first-order valence-corrected chi connectivity index (χ1v) is 13.2. The lowest BCUT2D eigenvalue weighted by Gasteiger charge is -2.33. The van der Waals surface area contributed by atoms with Crippen LogP contribution in [0.2, 0.25) is 0 Å². The van der Waals surface area contributed by atoms with Gasteiger partial charge in [-0.05, 0) is 53.4 Å². The van der Waals surface area contributed by atoms with Crippen LogP contribution in [0.25, 0.3) is 0 Å². The van der Waals surface area contributed by atoms with Crippen LogP contribution < -0.4 is 0 Å². The van der Waals surface area contributed by atoms with Crippen LogP contribution in [0.1, 0.15) is 67.2 Å². The minimum absolute atomic E-state index is 0.0821. The van der Waals surface area contributed by atoms with Crippen molar-refractivity contribution < 1.29 is 77.6 Å². The van der Waals surface area contributed by atoms with E-state index in [0.717, 1.165) is 0 Å². The van der Waals surface area contributed by atoms with Crippen molar-refractivity contribution in [3.05, 3.63) is 0 Å². The van der Waals surface area contributed by atoms with Crippen molar-refractivity contribution in [1.82, 2.24) is 0 Å². The van der Waals surface area contributed by atoms with Gasteiger partial charge in [0, 0.05) is 11.8 Å². The van der Waals surface area contributed by atoms with Crippen LogP contribution in [0.3, 0.4) is 0 Å². The van der Waals surface area contributed by atoms with E-state index in [1.54, 1.807) is 41.5 Å². The standard InChI is InChI=1S/C18H20F6O6.C8H13F3O2/c1-4-15(2,3)12(25)28-9-7-5-8-10(9)29-13(26)16(8,6-7)14(27)30-11(17(19,20)21)18(22,23)24;1-4-7(2,3)6(12)13-5-8(9,10)11/h7-11H,4-6H2,1-3H3;4-5H2,1-3H3. The summed E-state index contributed by atoms with van der Waals surface area (Å²) in [5.41, 5.74) is -3.94. The minimum atomic E-state index is -5.89. The molecule has 1 aliphatic heterocycles. The molecule has 5 atom stereocenters. The molecule has 17 heteroatoms. The maximum atomic E-state index is 12.8. The first-order valence-electron chi connectivity index (χ1n) is 13.2. The van der Waals surface area contributed by atoms with E-state index in [-0.39, 0.29) is 6.42 Å². The van der Waals surface area contributed by atoms with E-state index >= 15 is 0 Å². The summed E-state index contributed by atoms with van der Waals surface area (Å²) in [5, 5.41) is 0. The predicted octanol–water partition coefficient (Wildman–Crippen LogP) is 5.85. The van der Waals surface area contributed by atoms with E-state index in [1.165, 1.54) is 0 Å². The number of hydrogen-bond donors (Lipinski definition) is 0. The Balaban J connectivity index is 0.000000420. The number of ether oxygens (including phenoxy) is 4. The molecule has 3 fully saturated rings. The van der Waals surface area contributed by atoms with E-state index in [9.17, 15) is 58.7 Å². The fourth-order valence-electron chi connectivity index (χ4n) is 4.88. The first-order chi connectivity index (χ1) is 19.2. The zero-order chi connectivity index (χ0) is 33.6. The molecule has 0 amide bonds. The van der Waals surface area contributed by atoms with Gasteiger partial charge in [-0.15, -0.1) is 0 Å². The average Bonchev–Trinajstić information content (AvgIpc) is 3.46. The third kappa shape index (κ3) is 7.67. The molecule has 0 spiro atoms. The highest BCUT2D eigenvalue weighted by Gasteiger charge is 2.76. The second-order valence-corrected chi connectivity index (χ2v) is 12.1. The molecule has 0 aromatic carbocycles. The molecule has 0 N–H and O–H groups in total. The second kappa shape index (κ2) is 12.0. The fraction of sp³-hybridized carbons (Fsp3) is 0.846. The van der Waals surface area contributed by atoms with Crippen LogP contribution >= 0.6 is 0 Å². The largest absolute Gasteiger partial charge is 0.458 e. The lowest BCUT2D eigenvalue weighted by molar-refractivity contribution is -0.315. The first kappa shape index (κ1) is 36.4. The van der Waals surface area contributed by atoms with Crippen molar-refractivity contribution in [3.63, 3.8) is 0 Å². The van der Waals surface area contributed by atoms with Crippen molar-refractivity contribution in [1.29, 1.82) is 0 Å². The molecule has 3 rings (SSSR count). The second-order valence-electron chi connectivity index (χ2n) is 12.1. The van der Waals surface area contributed by atoms with Crippen LogP contribution in [0.5, 0.6) is 0 Å². The highest BCUT2D eigenvalue weighted by atomic mass is 19.4. The molecule has 2 saturated carbocycles. The smallest absolute Gasteiger partial charge is 0.434 e. The van der Waals surface area contributed by atoms with Gasteiger partial charge < -0.3 is 18.9 Å². The van der Waals surface area contributed by atoms with Gasteiger partial charge in [0.1, 0.15) is 12.2 Å². The molecule has 43 heavy (non-hydrogen) atoms. The Labute approximate surface area is 240 Å². The lowest BCUT2D eigenvalue weighted by atomic mass is 9.73. The predicted molar refractivity (Wildman–Crippen MR) is 126 cm³/mol. The number of alkyl halides is 9. The zero-order valence-corrected chi connectivity index (χ0v) is 24.1. The van der Waals surface area contributed by atoms with Gasteiger partial charge in [-0.3, -0.25) is 19.2 Å².